The molecule has 5 heteroatoms. The maximum absolute atomic E-state index is 12.0. The summed E-state index contributed by atoms with van der Waals surface area (Å²) in [6, 6.07) is 2.94. The molecule has 1 saturated carbocycles. The molecule has 1 aromatic heterocycles. The SMILES string of the molecule is CN(CC1CC(Br)C1)C(=O)c1ccc(=O)[nH]c1. The van der Waals surface area contributed by atoms with E-state index in [4.69, 9.17) is 0 Å². The number of aromatic amines is 1. The van der Waals surface area contributed by atoms with E-state index >= 15 is 0 Å². The number of alkyl halides is 1. The van der Waals surface area contributed by atoms with E-state index in [1.54, 1.807) is 18.0 Å². The van der Waals surface area contributed by atoms with Crippen molar-refractivity contribution >= 4 is 21.8 Å². The van der Waals surface area contributed by atoms with Crippen LogP contribution in [0.15, 0.2) is 23.1 Å². The first-order valence-electron chi connectivity index (χ1n) is 5.64. The Balaban J connectivity index is 1.94. The highest BCUT2D eigenvalue weighted by Crippen LogP contribution is 2.33. The molecule has 1 N–H and O–H groups in total. The van der Waals surface area contributed by atoms with Crippen molar-refractivity contribution in [2.45, 2.75) is 17.7 Å². The van der Waals surface area contributed by atoms with E-state index in [0.717, 1.165) is 19.4 Å². The minimum absolute atomic E-state index is 0.0423. The average molecular weight is 299 g/mol. The quantitative estimate of drug-likeness (QED) is 0.862. The molecule has 0 radical (unpaired) electrons. The molecule has 1 aliphatic carbocycles. The van der Waals surface area contributed by atoms with E-state index in [-0.39, 0.29) is 11.5 Å². The molecule has 0 aromatic carbocycles. The van der Waals surface area contributed by atoms with Crippen LogP contribution in [0.3, 0.4) is 0 Å². The topological polar surface area (TPSA) is 53.2 Å². The van der Waals surface area contributed by atoms with Gasteiger partial charge in [0, 0.05) is 30.7 Å². The van der Waals surface area contributed by atoms with Crippen molar-refractivity contribution in [1.29, 1.82) is 0 Å². The number of hydrogen-bond acceptors (Lipinski definition) is 2. The van der Waals surface area contributed by atoms with Gasteiger partial charge in [0.05, 0.1) is 5.56 Å². The summed E-state index contributed by atoms with van der Waals surface area (Å²) in [6.45, 7) is 0.778. The lowest BCUT2D eigenvalue weighted by molar-refractivity contribution is 0.0748. The van der Waals surface area contributed by atoms with Crippen molar-refractivity contribution in [3.63, 3.8) is 0 Å². The second kappa shape index (κ2) is 5.04. The van der Waals surface area contributed by atoms with Gasteiger partial charge in [0.25, 0.3) is 5.91 Å². The van der Waals surface area contributed by atoms with E-state index in [1.165, 1.54) is 12.3 Å². The minimum Gasteiger partial charge on any atom is -0.341 e. The zero-order valence-corrected chi connectivity index (χ0v) is 11.2. The van der Waals surface area contributed by atoms with Gasteiger partial charge in [0.15, 0.2) is 0 Å². The Hall–Kier alpha value is -1.10. The number of carbonyl (C=O) groups is 1. The molecule has 1 fully saturated rings. The first-order valence-corrected chi connectivity index (χ1v) is 6.56. The average Bonchev–Trinajstić information content (AvgIpc) is 2.27. The van der Waals surface area contributed by atoms with Crippen LogP contribution in [-0.4, -0.2) is 34.2 Å². The molecule has 1 aliphatic rings. The van der Waals surface area contributed by atoms with Gasteiger partial charge in [-0.2, -0.15) is 0 Å². The number of H-pyrrole nitrogens is 1. The lowest BCUT2D eigenvalue weighted by Crippen LogP contribution is -2.37. The van der Waals surface area contributed by atoms with Crippen molar-refractivity contribution < 1.29 is 4.79 Å². The number of pyridine rings is 1. The van der Waals surface area contributed by atoms with Gasteiger partial charge in [-0.1, -0.05) is 15.9 Å². The molecule has 0 unspecified atom stereocenters. The van der Waals surface area contributed by atoms with Crippen molar-refractivity contribution in [1.82, 2.24) is 9.88 Å². The summed E-state index contributed by atoms with van der Waals surface area (Å²) in [5.74, 6) is 0.551. The molecule has 1 aromatic rings. The number of rotatable bonds is 3. The van der Waals surface area contributed by atoms with E-state index in [9.17, 15) is 9.59 Å². The molecule has 0 spiro atoms. The third-order valence-electron chi connectivity index (χ3n) is 3.09. The number of nitrogens with zero attached hydrogens (tertiary/aromatic N) is 1. The fourth-order valence-corrected chi connectivity index (χ4v) is 3.09. The highest BCUT2D eigenvalue weighted by atomic mass is 79.9. The molecule has 0 atom stereocenters. The largest absolute Gasteiger partial charge is 0.341 e. The minimum atomic E-state index is -0.190. The van der Waals surface area contributed by atoms with E-state index < -0.39 is 0 Å². The maximum Gasteiger partial charge on any atom is 0.255 e. The Morgan fingerprint density at radius 3 is 2.76 bits per heavy atom. The molecule has 4 nitrogen and oxygen atoms in total. The fraction of sp³-hybridized carbons (Fsp3) is 0.500. The van der Waals surface area contributed by atoms with Crippen LogP contribution >= 0.6 is 15.9 Å². The Kier molecular flexibility index (Phi) is 3.66. The normalized spacial score (nSPS) is 22.9. The van der Waals surface area contributed by atoms with Gasteiger partial charge in [0.2, 0.25) is 5.56 Å². The molecular weight excluding hydrogens is 284 g/mol. The summed E-state index contributed by atoms with van der Waals surface area (Å²) in [7, 11) is 1.80. The molecule has 2 rings (SSSR count). The van der Waals surface area contributed by atoms with Crippen molar-refractivity contribution in [2.24, 2.45) is 5.92 Å². The monoisotopic (exact) mass is 298 g/mol. The summed E-state index contributed by atoms with van der Waals surface area (Å²) in [6.07, 6.45) is 3.72. The molecule has 0 aliphatic heterocycles. The van der Waals surface area contributed by atoms with Crippen molar-refractivity contribution in [2.75, 3.05) is 13.6 Å². The first kappa shape index (κ1) is 12.4. The lowest BCUT2D eigenvalue weighted by atomic mass is 9.85. The zero-order chi connectivity index (χ0) is 12.4. The Labute approximate surface area is 108 Å². The Morgan fingerprint density at radius 2 is 2.24 bits per heavy atom. The molecule has 92 valence electrons. The van der Waals surface area contributed by atoms with Crippen LogP contribution in [-0.2, 0) is 0 Å². The number of hydrogen-bond donors (Lipinski definition) is 1. The first-order chi connectivity index (χ1) is 8.06. The van der Waals surface area contributed by atoms with Gasteiger partial charge in [-0.15, -0.1) is 0 Å². The highest BCUT2D eigenvalue weighted by Gasteiger charge is 2.28. The van der Waals surface area contributed by atoms with E-state index in [1.807, 2.05) is 0 Å². The smallest absolute Gasteiger partial charge is 0.255 e. The molecule has 17 heavy (non-hydrogen) atoms. The van der Waals surface area contributed by atoms with Crippen molar-refractivity contribution in [3.05, 3.63) is 34.2 Å². The van der Waals surface area contributed by atoms with Crippen molar-refractivity contribution in [3.8, 4) is 0 Å². The Bertz CT molecular complexity index is 445. The zero-order valence-electron chi connectivity index (χ0n) is 9.65. The molecular formula is C12H15BrN2O2. The maximum atomic E-state index is 12.0. The fourth-order valence-electron chi connectivity index (χ4n) is 2.04. The second-order valence-electron chi connectivity index (χ2n) is 4.56. The van der Waals surface area contributed by atoms with Gasteiger partial charge in [0.1, 0.15) is 0 Å². The summed E-state index contributed by atoms with van der Waals surface area (Å²) in [4.78, 5) is 27.8. The molecule has 0 bridgehead atoms. The lowest BCUT2D eigenvalue weighted by Gasteiger charge is -2.34. The number of carbonyl (C=O) groups excluding carboxylic acids is 1. The summed E-state index contributed by atoms with van der Waals surface area (Å²) >= 11 is 3.54. The van der Waals surface area contributed by atoms with Crippen LogP contribution < -0.4 is 5.56 Å². The van der Waals surface area contributed by atoms with Gasteiger partial charge < -0.3 is 9.88 Å². The predicted octanol–water partition coefficient (Wildman–Crippen LogP) is 1.62. The van der Waals surface area contributed by atoms with Crippen LogP contribution in [0, 0.1) is 5.92 Å². The van der Waals surface area contributed by atoms with Crippen LogP contribution in [0.2, 0.25) is 0 Å². The molecule has 0 saturated heterocycles. The van der Waals surface area contributed by atoms with Gasteiger partial charge in [-0.05, 0) is 24.8 Å². The summed E-state index contributed by atoms with van der Waals surface area (Å²) in [5, 5.41) is 0. The molecule has 1 amide bonds. The molecule has 1 heterocycles. The summed E-state index contributed by atoms with van der Waals surface area (Å²) in [5.41, 5.74) is 0.340. The van der Waals surface area contributed by atoms with Gasteiger partial charge >= 0.3 is 0 Å². The predicted molar refractivity (Wildman–Crippen MR) is 69.5 cm³/mol. The third kappa shape index (κ3) is 2.97. The number of aromatic nitrogens is 1. The summed E-state index contributed by atoms with van der Waals surface area (Å²) < 4.78 is 0. The third-order valence-corrected chi connectivity index (χ3v) is 3.84. The van der Waals surface area contributed by atoms with Crippen LogP contribution in [0.5, 0.6) is 0 Å². The number of nitrogens with one attached hydrogen (secondary N) is 1. The van der Waals surface area contributed by atoms with Crippen LogP contribution in [0.4, 0.5) is 0 Å². The van der Waals surface area contributed by atoms with Crippen LogP contribution in [0.1, 0.15) is 23.2 Å². The van der Waals surface area contributed by atoms with E-state index in [2.05, 4.69) is 20.9 Å². The second-order valence-corrected chi connectivity index (χ2v) is 5.86. The number of halogens is 1. The highest BCUT2D eigenvalue weighted by molar-refractivity contribution is 9.09. The van der Waals surface area contributed by atoms with E-state index in [0.29, 0.717) is 16.3 Å². The van der Waals surface area contributed by atoms with Gasteiger partial charge in [-0.3, -0.25) is 9.59 Å². The number of amides is 1. The standard InChI is InChI=1S/C12H15BrN2O2/c1-15(7-8-4-10(13)5-8)12(17)9-2-3-11(16)14-6-9/h2-3,6,8,10H,4-5,7H2,1H3,(H,14,16). The van der Waals surface area contributed by atoms with Crippen LogP contribution in [0.25, 0.3) is 0 Å². The Morgan fingerprint density at radius 1 is 1.53 bits per heavy atom. The van der Waals surface area contributed by atoms with Gasteiger partial charge in [-0.25, -0.2) is 0 Å².